The molecular formula is C9H9IN2OS. The molecule has 3 nitrogen and oxygen atoms in total. The Bertz CT molecular complexity index is 397. The molecule has 0 bridgehead atoms. The summed E-state index contributed by atoms with van der Waals surface area (Å²) in [6.07, 6.45) is 2.97. The highest BCUT2D eigenvalue weighted by atomic mass is 127. The molecule has 0 aliphatic heterocycles. The molecule has 1 N–H and O–H groups in total. The van der Waals surface area contributed by atoms with Crippen molar-refractivity contribution in [1.29, 1.82) is 0 Å². The number of aliphatic hydroxyl groups is 1. The van der Waals surface area contributed by atoms with Crippen LogP contribution in [-0.4, -0.2) is 14.9 Å². The van der Waals surface area contributed by atoms with E-state index in [0.29, 0.717) is 0 Å². The molecule has 2 rings (SSSR count). The zero-order chi connectivity index (χ0) is 10.1. The number of aromatic nitrogens is 2. The topological polar surface area (TPSA) is 38.0 Å². The molecule has 0 saturated carbocycles. The molecule has 0 aromatic carbocycles. The number of hydrogen-bond acceptors (Lipinski definition) is 3. The molecule has 2 aromatic rings. The zero-order valence-electron chi connectivity index (χ0n) is 7.51. The number of nitrogens with zero attached hydrogens (tertiary/aromatic N) is 2. The van der Waals surface area contributed by atoms with Gasteiger partial charge >= 0.3 is 0 Å². The van der Waals surface area contributed by atoms with Gasteiger partial charge in [0.15, 0.2) is 0 Å². The largest absolute Gasteiger partial charge is 0.384 e. The average Bonchev–Trinajstić information content (AvgIpc) is 2.73. The summed E-state index contributed by atoms with van der Waals surface area (Å²) in [4.78, 5) is 0. The highest BCUT2D eigenvalue weighted by Gasteiger charge is 2.13. The monoisotopic (exact) mass is 320 g/mol. The summed E-state index contributed by atoms with van der Waals surface area (Å²) in [7, 11) is 1.84. The molecule has 0 spiro atoms. The molecule has 0 saturated heterocycles. The van der Waals surface area contributed by atoms with E-state index in [1.807, 2.05) is 24.7 Å². The van der Waals surface area contributed by atoms with Gasteiger partial charge in [-0.2, -0.15) is 5.10 Å². The van der Waals surface area contributed by atoms with Crippen molar-refractivity contribution < 1.29 is 5.11 Å². The van der Waals surface area contributed by atoms with Crippen molar-refractivity contribution >= 4 is 33.9 Å². The number of hydrogen-bond donors (Lipinski definition) is 1. The third kappa shape index (κ3) is 1.99. The first-order valence-electron chi connectivity index (χ1n) is 4.07. The number of thiophene rings is 1. The van der Waals surface area contributed by atoms with Crippen molar-refractivity contribution in [2.24, 2.45) is 7.05 Å². The lowest BCUT2D eigenvalue weighted by molar-refractivity contribution is 0.220. The Morgan fingerprint density at radius 2 is 2.36 bits per heavy atom. The Kier molecular flexibility index (Phi) is 2.89. The Labute approximate surface area is 99.5 Å². The molecule has 0 radical (unpaired) electrons. The molecule has 0 aliphatic carbocycles. The molecule has 2 aromatic heterocycles. The number of halogens is 1. The van der Waals surface area contributed by atoms with Gasteiger partial charge in [0.05, 0.1) is 9.08 Å². The van der Waals surface area contributed by atoms with Crippen LogP contribution in [0.1, 0.15) is 17.2 Å². The minimum absolute atomic E-state index is 0.552. The Hall–Kier alpha value is -0.400. The van der Waals surface area contributed by atoms with Crippen LogP contribution in [0.5, 0.6) is 0 Å². The summed E-state index contributed by atoms with van der Waals surface area (Å²) in [5, 5.41) is 16.0. The molecule has 1 unspecified atom stereocenters. The molecule has 0 amide bonds. The predicted molar refractivity (Wildman–Crippen MR) is 64.3 cm³/mol. The van der Waals surface area contributed by atoms with Crippen molar-refractivity contribution in [2.45, 2.75) is 6.10 Å². The van der Waals surface area contributed by atoms with Gasteiger partial charge in [-0.25, -0.2) is 0 Å². The molecule has 74 valence electrons. The van der Waals surface area contributed by atoms with Crippen molar-refractivity contribution in [3.8, 4) is 0 Å². The van der Waals surface area contributed by atoms with E-state index in [2.05, 4.69) is 27.7 Å². The van der Waals surface area contributed by atoms with Crippen LogP contribution in [0.3, 0.4) is 0 Å². The molecule has 14 heavy (non-hydrogen) atoms. The van der Waals surface area contributed by atoms with Gasteiger partial charge in [-0.15, -0.1) is 11.3 Å². The maximum Gasteiger partial charge on any atom is 0.108 e. The fourth-order valence-electron chi connectivity index (χ4n) is 1.24. The van der Waals surface area contributed by atoms with E-state index in [1.165, 1.54) is 2.88 Å². The van der Waals surface area contributed by atoms with Crippen LogP contribution in [0.15, 0.2) is 23.8 Å². The van der Waals surface area contributed by atoms with Gasteiger partial charge in [-0.05, 0) is 39.6 Å². The van der Waals surface area contributed by atoms with E-state index < -0.39 is 6.10 Å². The maximum atomic E-state index is 9.97. The fourth-order valence-corrected chi connectivity index (χ4v) is 2.63. The highest BCUT2D eigenvalue weighted by Crippen LogP contribution is 2.26. The molecule has 0 aliphatic rings. The van der Waals surface area contributed by atoms with E-state index in [0.717, 1.165) is 11.1 Å². The maximum absolute atomic E-state index is 9.97. The number of rotatable bonds is 2. The van der Waals surface area contributed by atoms with Crippen LogP contribution in [0.25, 0.3) is 0 Å². The van der Waals surface area contributed by atoms with E-state index in [9.17, 15) is 5.11 Å². The minimum Gasteiger partial charge on any atom is -0.384 e. The minimum atomic E-state index is -0.552. The second-order valence-electron chi connectivity index (χ2n) is 3.03. The number of aryl methyl sites for hydroxylation is 1. The van der Waals surface area contributed by atoms with Gasteiger partial charge in [0.25, 0.3) is 0 Å². The first-order chi connectivity index (χ1) is 6.66. The van der Waals surface area contributed by atoms with Gasteiger partial charge in [0, 0.05) is 18.8 Å². The second kappa shape index (κ2) is 4.00. The van der Waals surface area contributed by atoms with Crippen LogP contribution >= 0.6 is 33.9 Å². The first-order valence-corrected chi connectivity index (χ1v) is 6.03. The van der Waals surface area contributed by atoms with Crippen molar-refractivity contribution in [3.63, 3.8) is 0 Å². The summed E-state index contributed by atoms with van der Waals surface area (Å²) in [5.74, 6) is 0. The Morgan fingerprint density at radius 3 is 2.86 bits per heavy atom. The Balaban J connectivity index is 2.28. The van der Waals surface area contributed by atoms with Gasteiger partial charge in [0.1, 0.15) is 6.10 Å². The first kappa shape index (κ1) is 10.1. The molecule has 5 heteroatoms. The Morgan fingerprint density at radius 1 is 1.57 bits per heavy atom. The van der Waals surface area contributed by atoms with Crippen LogP contribution < -0.4 is 0 Å². The van der Waals surface area contributed by atoms with Crippen molar-refractivity contribution in [1.82, 2.24) is 9.78 Å². The second-order valence-corrected chi connectivity index (χ2v) is 5.84. The van der Waals surface area contributed by atoms with Gasteiger partial charge in [-0.1, -0.05) is 0 Å². The lowest BCUT2D eigenvalue weighted by Gasteiger charge is -2.04. The summed E-state index contributed by atoms with van der Waals surface area (Å²) in [6, 6.07) is 1.99. The van der Waals surface area contributed by atoms with Crippen molar-refractivity contribution in [3.05, 3.63) is 37.9 Å². The summed E-state index contributed by atoms with van der Waals surface area (Å²) < 4.78 is 2.87. The normalized spacial score (nSPS) is 13.1. The van der Waals surface area contributed by atoms with E-state index in [-0.39, 0.29) is 0 Å². The zero-order valence-corrected chi connectivity index (χ0v) is 10.5. The van der Waals surface area contributed by atoms with Crippen LogP contribution in [0.2, 0.25) is 0 Å². The summed E-state index contributed by atoms with van der Waals surface area (Å²) in [5.41, 5.74) is 1.77. The van der Waals surface area contributed by atoms with E-state index in [4.69, 9.17) is 0 Å². The molecule has 2 heterocycles. The van der Waals surface area contributed by atoms with Gasteiger partial charge in [0.2, 0.25) is 0 Å². The summed E-state index contributed by atoms with van der Waals surface area (Å²) in [6.45, 7) is 0. The third-order valence-electron chi connectivity index (χ3n) is 1.94. The van der Waals surface area contributed by atoms with Crippen LogP contribution in [0.4, 0.5) is 0 Å². The standard InChI is InChI=1S/C9H9IN2OS/c1-12-4-7(3-11-12)9(13)6-2-8(10)14-5-6/h2-5,9,13H,1H3. The lowest BCUT2D eigenvalue weighted by atomic mass is 10.1. The van der Waals surface area contributed by atoms with Gasteiger partial charge < -0.3 is 5.11 Å². The van der Waals surface area contributed by atoms with Crippen LogP contribution in [0, 0.1) is 2.88 Å². The molecular weight excluding hydrogens is 311 g/mol. The quantitative estimate of drug-likeness (QED) is 0.861. The highest BCUT2D eigenvalue weighted by molar-refractivity contribution is 14.1. The molecule has 0 fully saturated rings. The van der Waals surface area contributed by atoms with Crippen LogP contribution in [-0.2, 0) is 7.05 Å². The van der Waals surface area contributed by atoms with E-state index in [1.54, 1.807) is 22.2 Å². The summed E-state index contributed by atoms with van der Waals surface area (Å²) >= 11 is 3.88. The number of aliphatic hydroxyl groups excluding tert-OH is 1. The predicted octanol–water partition coefficient (Wildman–Crippen LogP) is 2.17. The van der Waals surface area contributed by atoms with Crippen molar-refractivity contribution in [2.75, 3.05) is 0 Å². The average molecular weight is 320 g/mol. The smallest absolute Gasteiger partial charge is 0.108 e. The lowest BCUT2D eigenvalue weighted by Crippen LogP contribution is -1.96. The van der Waals surface area contributed by atoms with E-state index >= 15 is 0 Å². The SMILES string of the molecule is Cn1cc(C(O)c2csc(I)c2)cn1. The fraction of sp³-hybridized carbons (Fsp3) is 0.222. The molecule has 1 atom stereocenters. The third-order valence-corrected chi connectivity index (χ3v) is 3.75. The van der Waals surface area contributed by atoms with Gasteiger partial charge in [-0.3, -0.25) is 4.68 Å².